The predicted octanol–water partition coefficient (Wildman–Crippen LogP) is 6.79. The molecular weight excluding hydrogens is 443 g/mol. The number of aromatic nitrogens is 3. The molecule has 0 saturated carbocycles. The third-order valence-electron chi connectivity index (χ3n) is 4.18. The van der Waals surface area contributed by atoms with Crippen LogP contribution in [0.15, 0.2) is 57.8 Å². The number of ether oxygens (including phenoxy) is 2. The Hall–Kier alpha value is -3.27. The van der Waals surface area contributed by atoms with Gasteiger partial charge in [0.25, 0.3) is 11.6 Å². The molecular formula is C22H18F3N3O3S. The van der Waals surface area contributed by atoms with Crippen LogP contribution < -0.4 is 9.47 Å². The predicted molar refractivity (Wildman–Crippen MR) is 114 cm³/mol. The van der Waals surface area contributed by atoms with Crippen molar-refractivity contribution < 1.29 is 27.1 Å². The minimum Gasteiger partial charge on any atom is -0.476 e. The summed E-state index contributed by atoms with van der Waals surface area (Å²) in [5, 5.41) is 0. The van der Waals surface area contributed by atoms with Crippen molar-refractivity contribution in [3.8, 4) is 29.1 Å². The molecule has 2 aromatic heterocycles. The molecule has 166 valence electrons. The van der Waals surface area contributed by atoms with Crippen LogP contribution >= 0.6 is 11.8 Å². The van der Waals surface area contributed by atoms with Gasteiger partial charge in [0.1, 0.15) is 5.75 Å². The van der Waals surface area contributed by atoms with E-state index >= 15 is 0 Å². The second kappa shape index (κ2) is 9.07. The summed E-state index contributed by atoms with van der Waals surface area (Å²) in [6, 6.07) is 13.0. The molecule has 0 saturated heterocycles. The van der Waals surface area contributed by atoms with Crippen molar-refractivity contribution in [2.24, 2.45) is 0 Å². The number of fused-ring (bicyclic) bond motifs is 1. The van der Waals surface area contributed by atoms with Gasteiger partial charge in [-0.3, -0.25) is 0 Å². The number of hydrogen-bond donors (Lipinski definition) is 0. The molecule has 0 aliphatic carbocycles. The van der Waals surface area contributed by atoms with Crippen LogP contribution in [0.2, 0.25) is 0 Å². The highest BCUT2D eigenvalue weighted by atomic mass is 32.2. The number of alkyl halides is 3. The number of rotatable bonds is 7. The normalized spacial score (nSPS) is 11.7. The van der Waals surface area contributed by atoms with Crippen molar-refractivity contribution >= 4 is 23.0 Å². The van der Waals surface area contributed by atoms with Gasteiger partial charge >= 0.3 is 11.5 Å². The van der Waals surface area contributed by atoms with Gasteiger partial charge in [-0.1, -0.05) is 24.6 Å². The van der Waals surface area contributed by atoms with Gasteiger partial charge in [0, 0.05) is 10.5 Å². The summed E-state index contributed by atoms with van der Waals surface area (Å²) in [4.78, 5) is 13.1. The highest BCUT2D eigenvalue weighted by Gasteiger charge is 2.29. The van der Waals surface area contributed by atoms with Crippen molar-refractivity contribution in [2.45, 2.75) is 30.7 Å². The Bertz CT molecular complexity index is 1230. The molecule has 6 nitrogen and oxygen atoms in total. The fourth-order valence-corrected chi connectivity index (χ4v) is 3.38. The molecule has 0 aliphatic rings. The first-order valence-electron chi connectivity index (χ1n) is 9.73. The Morgan fingerprint density at radius 3 is 2.50 bits per heavy atom. The summed E-state index contributed by atoms with van der Waals surface area (Å²) >= 11 is -0.199. The lowest BCUT2D eigenvalue weighted by molar-refractivity contribution is -0.0328. The molecule has 0 N–H and O–H groups in total. The second-order valence-electron chi connectivity index (χ2n) is 6.82. The first kappa shape index (κ1) is 21.9. The number of nitrogens with zero attached hydrogens (tertiary/aromatic N) is 3. The first-order valence-corrected chi connectivity index (χ1v) is 10.5. The molecule has 32 heavy (non-hydrogen) atoms. The molecule has 0 spiro atoms. The topological polar surface area (TPSA) is 70.3 Å². The maximum atomic E-state index is 12.5. The van der Waals surface area contributed by atoms with Crippen molar-refractivity contribution in [1.82, 2.24) is 15.0 Å². The van der Waals surface area contributed by atoms with Crippen molar-refractivity contribution in [1.29, 1.82) is 0 Å². The molecule has 2 heterocycles. The van der Waals surface area contributed by atoms with Crippen LogP contribution in [0.5, 0.6) is 17.6 Å². The Kier molecular flexibility index (Phi) is 6.22. The van der Waals surface area contributed by atoms with Crippen LogP contribution in [-0.2, 0) is 0 Å². The summed E-state index contributed by atoms with van der Waals surface area (Å²) in [6.45, 7) is 4.32. The third kappa shape index (κ3) is 5.31. The van der Waals surface area contributed by atoms with Crippen molar-refractivity contribution in [3.63, 3.8) is 0 Å². The van der Waals surface area contributed by atoms with E-state index in [0.717, 1.165) is 17.5 Å². The lowest BCUT2D eigenvalue weighted by Crippen LogP contribution is -2.01. The number of hydrogen-bond acceptors (Lipinski definition) is 7. The minimum atomic E-state index is -4.36. The number of halogens is 3. The third-order valence-corrected chi connectivity index (χ3v) is 4.92. The molecule has 0 unspecified atom stereocenters. The molecule has 0 bridgehead atoms. The Balaban J connectivity index is 1.65. The number of benzene rings is 2. The average Bonchev–Trinajstić information content (AvgIpc) is 3.17. The lowest BCUT2D eigenvalue weighted by atomic mass is 10.1. The van der Waals surface area contributed by atoms with E-state index < -0.39 is 5.51 Å². The first-order chi connectivity index (χ1) is 15.3. The number of thioether (sulfide) groups is 1. The molecule has 10 heteroatoms. The SMILES string of the molecule is CCCOc1nc(Oc2ccc(SC(F)(F)F)cc2)nc2oc(-c3cccc(C)c3)nc12. The largest absolute Gasteiger partial charge is 0.476 e. The molecule has 0 aliphatic heterocycles. The molecule has 0 radical (unpaired) electrons. The fourth-order valence-electron chi connectivity index (χ4n) is 2.84. The van der Waals surface area contributed by atoms with Gasteiger partial charge in [-0.15, -0.1) is 0 Å². The Morgan fingerprint density at radius 2 is 1.81 bits per heavy atom. The summed E-state index contributed by atoms with van der Waals surface area (Å²) in [5.74, 6) is 0.847. The van der Waals surface area contributed by atoms with E-state index in [0.29, 0.717) is 18.0 Å². The summed E-state index contributed by atoms with van der Waals surface area (Å²) in [7, 11) is 0. The smallest absolute Gasteiger partial charge is 0.446 e. The molecule has 2 aromatic carbocycles. The molecule has 4 aromatic rings. The van der Waals surface area contributed by atoms with Crippen LogP contribution in [0.25, 0.3) is 22.7 Å². The molecule has 0 fully saturated rings. The number of oxazole rings is 1. The molecule has 0 amide bonds. The van der Waals surface area contributed by atoms with E-state index in [1.54, 1.807) is 0 Å². The Morgan fingerprint density at radius 1 is 1.03 bits per heavy atom. The number of aryl methyl sites for hydroxylation is 1. The van der Waals surface area contributed by atoms with Gasteiger partial charge in [-0.2, -0.15) is 23.1 Å². The van der Waals surface area contributed by atoms with Crippen molar-refractivity contribution in [2.75, 3.05) is 6.61 Å². The van der Waals surface area contributed by atoms with Crippen LogP contribution in [0, 0.1) is 6.92 Å². The van der Waals surface area contributed by atoms with Gasteiger partial charge < -0.3 is 13.9 Å². The zero-order chi connectivity index (χ0) is 22.7. The van der Waals surface area contributed by atoms with Gasteiger partial charge in [0.05, 0.1) is 6.61 Å². The lowest BCUT2D eigenvalue weighted by Gasteiger charge is -2.08. The van der Waals surface area contributed by atoms with E-state index in [-0.39, 0.29) is 40.0 Å². The van der Waals surface area contributed by atoms with Crippen molar-refractivity contribution in [3.05, 3.63) is 54.1 Å². The zero-order valence-corrected chi connectivity index (χ0v) is 18.0. The van der Waals surface area contributed by atoms with Crippen LogP contribution in [0.1, 0.15) is 18.9 Å². The minimum absolute atomic E-state index is 0.0474. The van der Waals surface area contributed by atoms with Crippen LogP contribution in [0.3, 0.4) is 0 Å². The van der Waals surface area contributed by atoms with E-state index in [4.69, 9.17) is 13.9 Å². The maximum absolute atomic E-state index is 12.5. The van der Waals surface area contributed by atoms with Gasteiger partial charge in [-0.25, -0.2) is 4.98 Å². The standard InChI is InChI=1S/C22H18F3N3O3S/c1-3-11-29-19-17-20(31-18(26-17)14-6-4-5-13(2)12-14)28-21(27-19)30-15-7-9-16(10-8-15)32-22(23,24)25/h4-10,12H,3,11H2,1-2H3. The van der Waals surface area contributed by atoms with Gasteiger partial charge in [-0.05, 0) is 61.5 Å². The fraction of sp³-hybridized carbons (Fsp3) is 0.227. The van der Waals surface area contributed by atoms with E-state index in [1.807, 2.05) is 38.1 Å². The Labute approximate surface area is 185 Å². The monoisotopic (exact) mass is 461 g/mol. The highest BCUT2D eigenvalue weighted by molar-refractivity contribution is 8.00. The van der Waals surface area contributed by atoms with E-state index in [9.17, 15) is 13.2 Å². The van der Waals surface area contributed by atoms with E-state index in [1.165, 1.54) is 24.3 Å². The maximum Gasteiger partial charge on any atom is 0.446 e. The quantitative estimate of drug-likeness (QED) is 0.281. The van der Waals surface area contributed by atoms with Crippen LogP contribution in [-0.4, -0.2) is 27.1 Å². The average molecular weight is 461 g/mol. The van der Waals surface area contributed by atoms with Gasteiger partial charge in [0.15, 0.2) is 5.52 Å². The molecule has 4 rings (SSSR count). The highest BCUT2D eigenvalue weighted by Crippen LogP contribution is 2.38. The second-order valence-corrected chi connectivity index (χ2v) is 7.96. The molecule has 0 atom stereocenters. The van der Waals surface area contributed by atoms with E-state index in [2.05, 4.69) is 15.0 Å². The summed E-state index contributed by atoms with van der Waals surface area (Å²) in [5.41, 5.74) is -1.98. The zero-order valence-electron chi connectivity index (χ0n) is 17.1. The van der Waals surface area contributed by atoms with Crippen LogP contribution in [0.4, 0.5) is 13.2 Å². The van der Waals surface area contributed by atoms with Gasteiger partial charge in [0.2, 0.25) is 5.89 Å². The summed E-state index contributed by atoms with van der Waals surface area (Å²) < 4.78 is 54.7. The summed E-state index contributed by atoms with van der Waals surface area (Å²) in [6.07, 6.45) is 0.753.